The Kier molecular flexibility index (Phi) is 7.10. The normalized spacial score (nSPS) is 15.5. The minimum absolute atomic E-state index is 0.118. The topological polar surface area (TPSA) is 70.8 Å². The molecular weight excluding hydrogens is 437 g/mol. The average molecular weight is 454 g/mol. The molecule has 9 heteroatoms. The number of hydrogen-bond acceptors (Lipinski definition) is 5. The van der Waals surface area contributed by atoms with E-state index in [1.165, 1.54) is 28.8 Å². The number of unbranched alkanes of at least 4 members (excludes halogenated alkanes) is 2. The van der Waals surface area contributed by atoms with Gasteiger partial charge in [0.1, 0.15) is 21.7 Å². The second-order valence-electron chi connectivity index (χ2n) is 6.36. The van der Waals surface area contributed by atoms with Gasteiger partial charge in [-0.1, -0.05) is 42.0 Å². The van der Waals surface area contributed by atoms with Crippen molar-refractivity contribution in [2.45, 2.75) is 25.7 Å². The van der Waals surface area contributed by atoms with Crippen molar-refractivity contribution in [1.29, 1.82) is 0 Å². The van der Waals surface area contributed by atoms with E-state index in [2.05, 4.69) is 0 Å². The number of halogens is 2. The smallest absolute Gasteiger partial charge is 0.303 e. The molecule has 0 radical (unpaired) electrons. The molecule has 0 unspecified atom stereocenters. The quantitative estimate of drug-likeness (QED) is 0.319. The van der Waals surface area contributed by atoms with Gasteiger partial charge in [-0.05, 0) is 43.2 Å². The molecule has 1 aromatic heterocycles. The molecule has 2 aromatic rings. The third-order valence-electron chi connectivity index (χ3n) is 4.24. The largest absolute Gasteiger partial charge is 0.481 e. The molecule has 1 aromatic carbocycles. The van der Waals surface area contributed by atoms with Crippen LogP contribution in [0.4, 0.5) is 4.39 Å². The van der Waals surface area contributed by atoms with Crippen molar-refractivity contribution in [3.63, 3.8) is 0 Å². The monoisotopic (exact) mass is 453 g/mol. The van der Waals surface area contributed by atoms with Crippen LogP contribution < -0.4 is 0 Å². The van der Waals surface area contributed by atoms with Crippen LogP contribution in [0.1, 0.15) is 31.4 Å². The fourth-order valence-corrected chi connectivity index (χ4v) is 4.26. The number of carbonyl (C=O) groups excluding carboxylic acids is 1. The number of carboxylic acids is 1. The number of hydrogen-bond donors (Lipinski definition) is 1. The first-order valence-corrected chi connectivity index (χ1v) is 10.5. The number of furan rings is 1. The zero-order chi connectivity index (χ0) is 21.0. The maximum absolute atomic E-state index is 14.1. The first-order chi connectivity index (χ1) is 13.8. The Hall–Kier alpha value is -2.16. The van der Waals surface area contributed by atoms with E-state index in [9.17, 15) is 14.0 Å². The summed E-state index contributed by atoms with van der Waals surface area (Å²) in [6, 6.07) is 7.59. The van der Waals surface area contributed by atoms with Gasteiger partial charge in [0.2, 0.25) is 0 Å². The van der Waals surface area contributed by atoms with Crippen molar-refractivity contribution in [2.24, 2.45) is 0 Å². The van der Waals surface area contributed by atoms with E-state index in [0.29, 0.717) is 51.6 Å². The lowest BCUT2D eigenvalue weighted by atomic mass is 10.1. The van der Waals surface area contributed by atoms with Gasteiger partial charge in [0.15, 0.2) is 0 Å². The van der Waals surface area contributed by atoms with E-state index in [1.54, 1.807) is 24.3 Å². The molecule has 29 heavy (non-hydrogen) atoms. The molecule has 1 aliphatic rings. The molecule has 0 aliphatic carbocycles. The molecule has 1 N–H and O–H groups in total. The van der Waals surface area contributed by atoms with Gasteiger partial charge < -0.3 is 9.52 Å². The first-order valence-electron chi connectivity index (χ1n) is 8.87. The molecule has 1 fully saturated rings. The molecule has 0 atom stereocenters. The van der Waals surface area contributed by atoms with Crippen molar-refractivity contribution in [3.05, 3.63) is 51.8 Å². The van der Waals surface area contributed by atoms with Crippen molar-refractivity contribution in [2.75, 3.05) is 6.54 Å². The minimum atomic E-state index is -0.824. The van der Waals surface area contributed by atoms with Gasteiger partial charge >= 0.3 is 5.97 Å². The van der Waals surface area contributed by atoms with Gasteiger partial charge in [0.05, 0.1) is 10.5 Å². The molecule has 2 heterocycles. The molecule has 152 valence electrons. The number of rotatable bonds is 8. The van der Waals surface area contributed by atoms with Crippen LogP contribution in [0.15, 0.2) is 39.7 Å². The molecule has 5 nitrogen and oxygen atoms in total. The Morgan fingerprint density at radius 2 is 2.07 bits per heavy atom. The molecule has 1 saturated heterocycles. The molecule has 1 amide bonds. The van der Waals surface area contributed by atoms with E-state index in [-0.39, 0.29) is 17.9 Å². The maximum Gasteiger partial charge on any atom is 0.303 e. The third-order valence-corrected chi connectivity index (χ3v) is 5.86. The Balaban J connectivity index is 1.65. The maximum atomic E-state index is 14.1. The van der Waals surface area contributed by atoms with Crippen LogP contribution >= 0.6 is 35.6 Å². The summed E-state index contributed by atoms with van der Waals surface area (Å²) < 4.78 is 20.2. The van der Waals surface area contributed by atoms with E-state index >= 15 is 0 Å². The number of benzene rings is 1. The zero-order valence-corrected chi connectivity index (χ0v) is 17.6. The summed E-state index contributed by atoms with van der Waals surface area (Å²) in [6.07, 6.45) is 3.65. The number of aliphatic carboxylic acids is 1. The van der Waals surface area contributed by atoms with E-state index in [1.807, 2.05) is 0 Å². The Morgan fingerprint density at radius 3 is 2.79 bits per heavy atom. The molecule has 0 spiro atoms. The van der Waals surface area contributed by atoms with Crippen LogP contribution in [-0.4, -0.2) is 32.7 Å². The lowest BCUT2D eigenvalue weighted by Crippen LogP contribution is -2.29. The zero-order valence-electron chi connectivity index (χ0n) is 15.2. The highest BCUT2D eigenvalue weighted by Crippen LogP contribution is 2.34. The molecule has 0 bridgehead atoms. The van der Waals surface area contributed by atoms with Crippen molar-refractivity contribution in [3.8, 4) is 11.3 Å². The van der Waals surface area contributed by atoms with Crippen LogP contribution in [0.2, 0.25) is 5.02 Å². The Labute approximate surface area is 181 Å². The summed E-state index contributed by atoms with van der Waals surface area (Å²) in [5.41, 5.74) is 0.281. The average Bonchev–Trinajstić information content (AvgIpc) is 3.21. The fraction of sp³-hybridized carbons (Fsp3) is 0.250. The van der Waals surface area contributed by atoms with Gasteiger partial charge in [-0.15, -0.1) is 0 Å². The Morgan fingerprint density at radius 1 is 1.28 bits per heavy atom. The van der Waals surface area contributed by atoms with E-state index in [4.69, 9.17) is 33.3 Å². The number of carboxylic acid groups (broad SMARTS) is 1. The van der Waals surface area contributed by atoms with Gasteiger partial charge in [0, 0.05) is 24.1 Å². The summed E-state index contributed by atoms with van der Waals surface area (Å²) in [5, 5.41) is 8.95. The van der Waals surface area contributed by atoms with Crippen molar-refractivity contribution in [1.82, 2.24) is 4.90 Å². The van der Waals surface area contributed by atoms with Gasteiger partial charge in [-0.25, -0.2) is 4.39 Å². The number of nitrogens with zero attached hydrogens (tertiary/aromatic N) is 1. The standard InChI is InChI=1S/C20H17ClFNO4S2/c21-12-5-7-14(15(22)10-12)16-8-6-13(27-16)11-17-19(26)23(20(28)29-17)9-3-1-2-4-18(24)25/h5-8,10-11H,1-4,9H2,(H,24,25). The lowest BCUT2D eigenvalue weighted by molar-refractivity contribution is -0.137. The van der Waals surface area contributed by atoms with Crippen LogP contribution in [-0.2, 0) is 9.59 Å². The highest BCUT2D eigenvalue weighted by atomic mass is 35.5. The molecule has 3 rings (SSSR count). The van der Waals surface area contributed by atoms with Crippen molar-refractivity contribution < 1.29 is 23.5 Å². The highest BCUT2D eigenvalue weighted by molar-refractivity contribution is 8.26. The number of thiocarbonyl (C=S) groups is 1. The number of thioether (sulfide) groups is 1. The van der Waals surface area contributed by atoms with E-state index in [0.717, 1.165) is 0 Å². The summed E-state index contributed by atoms with van der Waals surface area (Å²) in [4.78, 5) is 25.1. The van der Waals surface area contributed by atoms with Gasteiger partial charge in [0.25, 0.3) is 5.91 Å². The van der Waals surface area contributed by atoms with Gasteiger partial charge in [-0.2, -0.15) is 0 Å². The lowest BCUT2D eigenvalue weighted by Gasteiger charge is -2.13. The third kappa shape index (κ3) is 5.46. The molecule has 0 saturated carbocycles. The van der Waals surface area contributed by atoms with Crippen molar-refractivity contribution >= 4 is 57.9 Å². The van der Waals surface area contributed by atoms with Crippen LogP contribution in [0.5, 0.6) is 0 Å². The second-order valence-corrected chi connectivity index (χ2v) is 8.48. The minimum Gasteiger partial charge on any atom is -0.481 e. The van der Waals surface area contributed by atoms with Crippen LogP contribution in [0.3, 0.4) is 0 Å². The molecular formula is C20H17ClFNO4S2. The summed E-state index contributed by atoms with van der Waals surface area (Å²) >= 11 is 12.2. The van der Waals surface area contributed by atoms with Crippen LogP contribution in [0.25, 0.3) is 17.4 Å². The fourth-order valence-electron chi connectivity index (χ4n) is 2.81. The summed E-state index contributed by atoms with van der Waals surface area (Å²) in [6.45, 7) is 0.445. The number of amides is 1. The summed E-state index contributed by atoms with van der Waals surface area (Å²) in [7, 11) is 0. The second kappa shape index (κ2) is 9.56. The highest BCUT2D eigenvalue weighted by Gasteiger charge is 2.31. The van der Waals surface area contributed by atoms with Gasteiger partial charge in [-0.3, -0.25) is 14.5 Å². The van der Waals surface area contributed by atoms with Crippen LogP contribution in [0, 0.1) is 5.82 Å². The predicted octanol–water partition coefficient (Wildman–Crippen LogP) is 5.59. The Bertz CT molecular complexity index is 989. The van der Waals surface area contributed by atoms with E-state index < -0.39 is 11.8 Å². The SMILES string of the molecule is O=C(O)CCCCCN1C(=O)C(=Cc2ccc(-c3ccc(Cl)cc3F)o2)SC1=S. The summed E-state index contributed by atoms with van der Waals surface area (Å²) in [5.74, 6) is -0.785. The molecule has 1 aliphatic heterocycles. The first kappa shape index (κ1) is 21.5. The number of carbonyl (C=O) groups is 2. The predicted molar refractivity (Wildman–Crippen MR) is 115 cm³/mol.